The van der Waals surface area contributed by atoms with Crippen LogP contribution in [0.5, 0.6) is 5.75 Å². The Bertz CT molecular complexity index is 2240. The number of carbonyl (C=O) groups is 5. The number of allylic oxidation sites excluding steroid dienone is 2. The second-order valence-corrected chi connectivity index (χ2v) is 15.1. The predicted octanol–water partition coefficient (Wildman–Crippen LogP) is 6.97. The van der Waals surface area contributed by atoms with Crippen LogP contribution < -0.4 is 5.43 Å². The van der Waals surface area contributed by atoms with Crippen LogP contribution >= 0.6 is 11.6 Å². The van der Waals surface area contributed by atoms with Crippen LogP contribution in [0.15, 0.2) is 96.6 Å². The van der Waals surface area contributed by atoms with Crippen molar-refractivity contribution < 1.29 is 38.6 Å². The first-order chi connectivity index (χ1) is 26.0. The molecule has 12 heteroatoms. The summed E-state index contributed by atoms with van der Waals surface area (Å²) >= 11 is 6.39. The molecular formula is C42H37ClFN3O7. The number of imide groups is 2. The zero-order valence-corrected chi connectivity index (χ0v) is 29.8. The Kier molecular flexibility index (Phi) is 9.00. The molecule has 0 bridgehead atoms. The van der Waals surface area contributed by atoms with Crippen molar-refractivity contribution >= 4 is 57.7 Å². The highest BCUT2D eigenvalue weighted by atomic mass is 35.5. The number of hydrazine groups is 1. The van der Waals surface area contributed by atoms with Gasteiger partial charge in [0.25, 0.3) is 11.8 Å². The second-order valence-electron chi connectivity index (χ2n) is 14.6. The summed E-state index contributed by atoms with van der Waals surface area (Å²) in [6, 6.07) is 22.8. The number of aromatic hydroxyl groups is 1. The fraction of sp³-hybridized carbons (Fsp3) is 0.310. The number of carboxylic acid groups (broad SMARTS) is 1. The van der Waals surface area contributed by atoms with E-state index in [1.807, 2.05) is 30.3 Å². The summed E-state index contributed by atoms with van der Waals surface area (Å²) in [4.78, 5) is 70.8. The van der Waals surface area contributed by atoms with Gasteiger partial charge in [0, 0.05) is 29.5 Å². The molecule has 10 nitrogen and oxygen atoms in total. The van der Waals surface area contributed by atoms with Gasteiger partial charge >= 0.3 is 5.97 Å². The molecule has 6 atom stereocenters. The third-order valence-corrected chi connectivity index (χ3v) is 12.1. The molecule has 4 aromatic rings. The Labute approximate surface area is 315 Å². The zero-order valence-electron chi connectivity index (χ0n) is 29.1. The molecule has 4 aliphatic rings. The molecule has 3 fully saturated rings. The molecular weight excluding hydrogens is 713 g/mol. The maximum atomic E-state index is 15.4. The van der Waals surface area contributed by atoms with Gasteiger partial charge in [-0.1, -0.05) is 72.1 Å². The monoisotopic (exact) mass is 749 g/mol. The topological polar surface area (TPSA) is 144 Å². The first-order valence-electron chi connectivity index (χ1n) is 18.2. The van der Waals surface area contributed by atoms with Crippen molar-refractivity contribution in [3.63, 3.8) is 0 Å². The first-order valence-corrected chi connectivity index (χ1v) is 18.5. The number of aliphatic carboxylic acids is 1. The predicted molar refractivity (Wildman–Crippen MR) is 197 cm³/mol. The number of phenols is 1. The Morgan fingerprint density at radius 1 is 0.870 bits per heavy atom. The van der Waals surface area contributed by atoms with Crippen molar-refractivity contribution in [2.45, 2.75) is 49.9 Å². The average molecular weight is 750 g/mol. The lowest BCUT2D eigenvalue weighted by atomic mass is 9.48. The van der Waals surface area contributed by atoms with E-state index in [4.69, 9.17) is 16.7 Å². The summed E-state index contributed by atoms with van der Waals surface area (Å²) in [6.07, 6.45) is 3.64. The number of nitrogens with one attached hydrogen (secondary N) is 1. The molecule has 0 aromatic heterocycles. The van der Waals surface area contributed by atoms with E-state index in [-0.39, 0.29) is 43.4 Å². The molecule has 2 saturated heterocycles. The van der Waals surface area contributed by atoms with Gasteiger partial charge in [-0.25, -0.2) is 4.39 Å². The normalized spacial score (nSPS) is 26.1. The van der Waals surface area contributed by atoms with Gasteiger partial charge in [0.05, 0.1) is 28.9 Å². The number of unbranched alkanes of at least 4 members (excludes halogenated alkanes) is 2. The van der Waals surface area contributed by atoms with Gasteiger partial charge in [0.2, 0.25) is 11.8 Å². The highest BCUT2D eigenvalue weighted by molar-refractivity contribution is 6.30. The smallest absolute Gasteiger partial charge is 0.303 e. The molecule has 6 unspecified atom stereocenters. The van der Waals surface area contributed by atoms with Crippen molar-refractivity contribution in [1.82, 2.24) is 9.91 Å². The fourth-order valence-electron chi connectivity index (χ4n) is 9.57. The number of carbonyl (C=O) groups excluding carboxylic acids is 4. The van der Waals surface area contributed by atoms with Crippen LogP contribution in [0.3, 0.4) is 0 Å². The number of amides is 4. The zero-order chi connectivity index (χ0) is 37.9. The van der Waals surface area contributed by atoms with Crippen LogP contribution in [-0.4, -0.2) is 56.3 Å². The highest BCUT2D eigenvalue weighted by Gasteiger charge is 2.70. The minimum absolute atomic E-state index is 0.00143. The lowest BCUT2D eigenvalue weighted by Gasteiger charge is -2.51. The van der Waals surface area contributed by atoms with Crippen LogP contribution in [0.2, 0.25) is 5.02 Å². The van der Waals surface area contributed by atoms with E-state index in [1.54, 1.807) is 36.4 Å². The summed E-state index contributed by atoms with van der Waals surface area (Å²) in [5, 5.41) is 23.8. The summed E-state index contributed by atoms with van der Waals surface area (Å²) < 4.78 is 13.9. The molecule has 0 spiro atoms. The molecule has 0 radical (unpaired) electrons. The van der Waals surface area contributed by atoms with Gasteiger partial charge in [-0.05, 0) is 90.4 Å². The van der Waals surface area contributed by atoms with Crippen molar-refractivity contribution in [2.75, 3.05) is 12.0 Å². The number of phenolic OH excluding ortho intramolecular Hbond substituents is 1. The Morgan fingerprint density at radius 3 is 2.35 bits per heavy atom. The molecule has 1 saturated carbocycles. The van der Waals surface area contributed by atoms with E-state index in [0.717, 1.165) is 10.4 Å². The van der Waals surface area contributed by atoms with Crippen molar-refractivity contribution in [2.24, 2.45) is 23.7 Å². The number of nitrogens with zero attached hydrogens (tertiary/aromatic N) is 2. The van der Waals surface area contributed by atoms with Crippen molar-refractivity contribution in [3.05, 3.63) is 119 Å². The SMILES string of the molecule is O=C(O)CCCCCN1C(=O)C2CC=C3C(CC4C(=O)N(Nc5ccc(F)cc5)C(=O)C4(c4ccc(Cl)cc4)C3c3c(O)ccc4ccccc34)C2C1=O. The number of fused-ring (bicyclic) bond motifs is 5. The number of hydrogen-bond acceptors (Lipinski definition) is 7. The average Bonchev–Trinajstić information content (AvgIpc) is 3.53. The van der Waals surface area contributed by atoms with E-state index in [0.29, 0.717) is 52.1 Å². The number of rotatable bonds is 10. The number of anilines is 1. The number of hydrogen-bond donors (Lipinski definition) is 3. The lowest BCUT2D eigenvalue weighted by molar-refractivity contribution is -0.141. The summed E-state index contributed by atoms with van der Waals surface area (Å²) in [5.41, 5.74) is 3.23. The number of likely N-dealkylation sites (tertiary alicyclic amines) is 1. The van der Waals surface area contributed by atoms with Crippen LogP contribution in [0, 0.1) is 29.5 Å². The molecule has 3 N–H and O–H groups in total. The van der Waals surface area contributed by atoms with Crippen molar-refractivity contribution in [1.29, 1.82) is 0 Å². The van der Waals surface area contributed by atoms with E-state index < -0.39 is 58.6 Å². The molecule has 54 heavy (non-hydrogen) atoms. The second kappa shape index (κ2) is 13.7. The van der Waals surface area contributed by atoms with Gasteiger partial charge < -0.3 is 10.2 Å². The van der Waals surface area contributed by atoms with E-state index in [1.165, 1.54) is 29.2 Å². The van der Waals surface area contributed by atoms with Crippen molar-refractivity contribution in [3.8, 4) is 5.75 Å². The third kappa shape index (κ3) is 5.55. The molecule has 8 rings (SSSR count). The van der Waals surface area contributed by atoms with E-state index in [9.17, 15) is 28.7 Å². The number of carboxylic acids is 1. The van der Waals surface area contributed by atoms with Gasteiger partial charge in [0.15, 0.2) is 0 Å². The maximum absolute atomic E-state index is 15.4. The van der Waals surface area contributed by atoms with E-state index in [2.05, 4.69) is 5.43 Å². The largest absolute Gasteiger partial charge is 0.508 e. The van der Waals surface area contributed by atoms with Crippen LogP contribution in [0.1, 0.15) is 55.6 Å². The first kappa shape index (κ1) is 35.5. The summed E-state index contributed by atoms with van der Waals surface area (Å²) in [7, 11) is 0. The number of benzene rings is 4. The quantitative estimate of drug-likeness (QED) is 0.0897. The molecule has 276 valence electrons. The van der Waals surface area contributed by atoms with Gasteiger partial charge in [0.1, 0.15) is 11.6 Å². The molecule has 2 aliphatic carbocycles. The lowest BCUT2D eigenvalue weighted by Crippen LogP contribution is -2.53. The fourth-order valence-corrected chi connectivity index (χ4v) is 9.69. The standard InChI is InChI=1S/C42H37ClFN3O7/c43-25-12-10-24(11-13-25)42-32(39(52)47(41(42)54)45-27-16-14-26(44)15-17-27)22-31-29(37(42)36-28-7-4-3-6-23(28)9-20-33(36)48)18-19-30-35(31)40(53)46(38(30)51)21-5-1-2-8-34(49)50/h3-4,6-7,9-18,20,30-32,35,37,45,48H,1-2,5,8,19,21-22H2,(H,49,50). The van der Waals surface area contributed by atoms with Gasteiger partial charge in [-0.3, -0.25) is 34.3 Å². The Morgan fingerprint density at radius 2 is 1.61 bits per heavy atom. The van der Waals surface area contributed by atoms with Crippen LogP contribution in [-0.2, 0) is 29.4 Å². The third-order valence-electron chi connectivity index (χ3n) is 11.9. The van der Waals surface area contributed by atoms with Crippen LogP contribution in [0.4, 0.5) is 10.1 Å². The summed E-state index contributed by atoms with van der Waals surface area (Å²) in [6.45, 7) is 0.158. The van der Waals surface area contributed by atoms with Gasteiger partial charge in [-0.15, -0.1) is 0 Å². The summed E-state index contributed by atoms with van der Waals surface area (Å²) in [5.74, 6) is -7.40. The minimum atomic E-state index is -1.64. The molecule has 2 heterocycles. The maximum Gasteiger partial charge on any atom is 0.303 e. The molecule has 2 aliphatic heterocycles. The van der Waals surface area contributed by atoms with Crippen LogP contribution in [0.25, 0.3) is 10.8 Å². The van der Waals surface area contributed by atoms with E-state index >= 15 is 4.79 Å². The minimum Gasteiger partial charge on any atom is -0.508 e. The number of halogens is 2. The Hall–Kier alpha value is -5.55. The molecule has 4 aromatic carbocycles. The Balaban J connectivity index is 1.30. The molecule has 4 amide bonds. The highest BCUT2D eigenvalue weighted by Crippen LogP contribution is 2.65. The van der Waals surface area contributed by atoms with Gasteiger partial charge in [-0.2, -0.15) is 5.01 Å².